The molecule has 0 unspecified atom stereocenters. The number of piperidine rings is 1. The van der Waals surface area contributed by atoms with Crippen LogP contribution in [0, 0.1) is 17.5 Å². The minimum atomic E-state index is -1.09. The standard InChI is InChI=1S/C40H35F3N4O5/c1-50-37-22-28-33(23-38(37)51-19-7-18-46-16-5-2-6-17-46)44-15-14-35(28)52-36-13-10-25(20-32(36)43)45-40(49)29-24-47(26-11-12-30(41)31(42)21-26)34-9-4-3-8-27(34)39(29)48/h3-4,8-15,20-24H,2,5-7,16-19H2,1H3,(H,45,49). The third kappa shape index (κ3) is 7.28. The van der Waals surface area contributed by atoms with Crippen LogP contribution in [0.3, 0.4) is 0 Å². The summed E-state index contributed by atoms with van der Waals surface area (Å²) in [6, 6.07) is 18.7. The van der Waals surface area contributed by atoms with Gasteiger partial charge < -0.3 is 29.0 Å². The highest BCUT2D eigenvalue weighted by molar-refractivity contribution is 6.06. The molecule has 1 saturated heterocycles. The number of pyridine rings is 2. The Balaban J connectivity index is 1.09. The van der Waals surface area contributed by atoms with E-state index in [0.29, 0.717) is 40.3 Å². The van der Waals surface area contributed by atoms with Gasteiger partial charge in [0.2, 0.25) is 5.43 Å². The first-order valence-corrected chi connectivity index (χ1v) is 17.0. The highest BCUT2D eigenvalue weighted by atomic mass is 19.2. The Labute approximate surface area is 297 Å². The molecule has 1 aliphatic heterocycles. The number of halogens is 3. The van der Waals surface area contributed by atoms with Crippen molar-refractivity contribution < 1.29 is 32.2 Å². The minimum absolute atomic E-state index is 0.0603. The highest BCUT2D eigenvalue weighted by Gasteiger charge is 2.19. The largest absolute Gasteiger partial charge is 0.493 e. The van der Waals surface area contributed by atoms with Crippen LogP contribution in [0.4, 0.5) is 18.9 Å². The van der Waals surface area contributed by atoms with E-state index in [0.717, 1.165) is 44.3 Å². The molecule has 266 valence electrons. The molecule has 3 heterocycles. The summed E-state index contributed by atoms with van der Waals surface area (Å²) < 4.78 is 62.4. The van der Waals surface area contributed by atoms with Gasteiger partial charge in [0.25, 0.3) is 5.91 Å². The molecule has 6 aromatic rings. The lowest BCUT2D eigenvalue weighted by Crippen LogP contribution is -2.31. The van der Waals surface area contributed by atoms with Crippen molar-refractivity contribution in [3.63, 3.8) is 0 Å². The summed E-state index contributed by atoms with van der Waals surface area (Å²) in [5, 5.41) is 3.32. The van der Waals surface area contributed by atoms with Gasteiger partial charge >= 0.3 is 0 Å². The minimum Gasteiger partial charge on any atom is -0.493 e. The van der Waals surface area contributed by atoms with Gasteiger partial charge in [0.1, 0.15) is 11.3 Å². The molecule has 0 spiro atoms. The van der Waals surface area contributed by atoms with Gasteiger partial charge in [-0.05, 0) is 80.9 Å². The molecular weight excluding hydrogens is 673 g/mol. The van der Waals surface area contributed by atoms with E-state index in [1.165, 1.54) is 54.3 Å². The van der Waals surface area contributed by atoms with Crippen LogP contribution in [0.2, 0.25) is 0 Å². The number of para-hydroxylation sites is 1. The van der Waals surface area contributed by atoms with E-state index in [9.17, 15) is 18.4 Å². The summed E-state index contributed by atoms with van der Waals surface area (Å²) in [4.78, 5) is 33.7. The van der Waals surface area contributed by atoms with Crippen molar-refractivity contribution in [3.05, 3.63) is 124 Å². The molecule has 1 amide bonds. The summed E-state index contributed by atoms with van der Waals surface area (Å²) in [5.41, 5.74) is 0.342. The topological polar surface area (TPSA) is 94.9 Å². The predicted octanol–water partition coefficient (Wildman–Crippen LogP) is 8.26. The van der Waals surface area contributed by atoms with Crippen LogP contribution >= 0.6 is 0 Å². The predicted molar refractivity (Wildman–Crippen MR) is 193 cm³/mol. The summed E-state index contributed by atoms with van der Waals surface area (Å²) in [6.45, 7) is 3.75. The van der Waals surface area contributed by atoms with Crippen LogP contribution in [0.5, 0.6) is 23.0 Å². The molecule has 4 aromatic carbocycles. The zero-order valence-corrected chi connectivity index (χ0v) is 28.3. The second kappa shape index (κ2) is 15.2. The van der Waals surface area contributed by atoms with Crippen molar-refractivity contribution in [1.29, 1.82) is 0 Å². The van der Waals surface area contributed by atoms with Gasteiger partial charge in [0, 0.05) is 59.3 Å². The van der Waals surface area contributed by atoms with E-state index in [1.807, 2.05) is 0 Å². The average molecular weight is 709 g/mol. The number of rotatable bonds is 11. The number of methoxy groups -OCH3 is 1. The molecule has 2 aromatic heterocycles. The van der Waals surface area contributed by atoms with Gasteiger partial charge in [-0.3, -0.25) is 14.6 Å². The van der Waals surface area contributed by atoms with Crippen LogP contribution < -0.4 is 25.0 Å². The van der Waals surface area contributed by atoms with Gasteiger partial charge in [-0.2, -0.15) is 0 Å². The van der Waals surface area contributed by atoms with Gasteiger partial charge in [-0.25, -0.2) is 13.2 Å². The lowest BCUT2D eigenvalue weighted by atomic mass is 10.1. The smallest absolute Gasteiger partial charge is 0.261 e. The summed E-state index contributed by atoms with van der Waals surface area (Å²) in [6.07, 6.45) is 7.44. The van der Waals surface area contributed by atoms with Gasteiger partial charge in [-0.15, -0.1) is 0 Å². The van der Waals surface area contributed by atoms with Crippen molar-refractivity contribution in [2.24, 2.45) is 0 Å². The molecule has 1 fully saturated rings. The maximum absolute atomic E-state index is 15.5. The molecule has 0 bridgehead atoms. The molecule has 1 aliphatic rings. The fourth-order valence-corrected chi connectivity index (χ4v) is 6.41. The average Bonchev–Trinajstić information content (AvgIpc) is 3.16. The Morgan fingerprint density at radius 2 is 1.65 bits per heavy atom. The van der Waals surface area contributed by atoms with Crippen LogP contribution in [-0.4, -0.2) is 53.7 Å². The number of likely N-dealkylation sites (tertiary alicyclic amines) is 1. The van der Waals surface area contributed by atoms with E-state index in [-0.39, 0.29) is 28.1 Å². The maximum atomic E-state index is 15.5. The Morgan fingerprint density at radius 3 is 2.44 bits per heavy atom. The van der Waals surface area contributed by atoms with Crippen molar-refractivity contribution in [2.45, 2.75) is 25.7 Å². The molecule has 1 N–H and O–H groups in total. The Hall–Kier alpha value is -5.88. The maximum Gasteiger partial charge on any atom is 0.261 e. The fraction of sp³-hybridized carbons (Fsp3) is 0.225. The number of nitrogens with one attached hydrogen (secondary N) is 1. The lowest BCUT2D eigenvalue weighted by Gasteiger charge is -2.26. The highest BCUT2D eigenvalue weighted by Crippen LogP contribution is 2.38. The number of ether oxygens (including phenoxy) is 3. The molecule has 0 atom stereocenters. The van der Waals surface area contributed by atoms with E-state index in [2.05, 4.69) is 15.2 Å². The molecule has 0 saturated carbocycles. The first-order valence-electron chi connectivity index (χ1n) is 17.0. The summed E-state index contributed by atoms with van der Waals surface area (Å²) >= 11 is 0. The SMILES string of the molecule is COc1cc2c(Oc3ccc(NC(=O)c4cn(-c5ccc(F)c(F)c5)c5ccccc5c4=O)cc3F)ccnc2cc1OCCCN1CCCCC1. The van der Waals surface area contributed by atoms with Crippen LogP contribution in [0.1, 0.15) is 36.0 Å². The van der Waals surface area contributed by atoms with Gasteiger partial charge in [0.15, 0.2) is 34.7 Å². The molecule has 0 radical (unpaired) electrons. The first kappa shape index (κ1) is 34.6. The van der Waals surface area contributed by atoms with Crippen LogP contribution in [0.15, 0.2) is 96.1 Å². The summed E-state index contributed by atoms with van der Waals surface area (Å²) in [5.74, 6) is -2.48. The second-order valence-corrected chi connectivity index (χ2v) is 12.5. The van der Waals surface area contributed by atoms with Crippen molar-refractivity contribution in [2.75, 3.05) is 38.7 Å². The number of carbonyl (C=O) groups is 1. The number of anilines is 1. The number of carbonyl (C=O) groups excluding carboxylic acids is 1. The third-order valence-electron chi connectivity index (χ3n) is 9.06. The number of hydrogen-bond acceptors (Lipinski definition) is 7. The quantitative estimate of drug-likeness (QED) is 0.136. The van der Waals surface area contributed by atoms with Gasteiger partial charge in [-0.1, -0.05) is 18.6 Å². The number of hydrogen-bond donors (Lipinski definition) is 1. The number of benzene rings is 4. The van der Waals surface area contributed by atoms with Crippen LogP contribution in [0.25, 0.3) is 27.5 Å². The Kier molecular flexibility index (Phi) is 10.1. The lowest BCUT2D eigenvalue weighted by molar-refractivity contribution is 0.102. The van der Waals surface area contributed by atoms with E-state index in [4.69, 9.17) is 14.2 Å². The number of fused-ring (bicyclic) bond motifs is 2. The van der Waals surface area contributed by atoms with Crippen LogP contribution in [-0.2, 0) is 0 Å². The summed E-state index contributed by atoms with van der Waals surface area (Å²) in [7, 11) is 1.54. The second-order valence-electron chi connectivity index (χ2n) is 12.5. The molecule has 0 aliphatic carbocycles. The Bertz CT molecular complexity index is 2340. The molecule has 52 heavy (non-hydrogen) atoms. The van der Waals surface area contributed by atoms with E-state index < -0.39 is 28.8 Å². The molecule has 9 nitrogen and oxygen atoms in total. The van der Waals surface area contributed by atoms with E-state index in [1.54, 1.807) is 49.7 Å². The van der Waals surface area contributed by atoms with Crippen molar-refractivity contribution in [3.8, 4) is 28.7 Å². The number of amides is 1. The molecule has 12 heteroatoms. The monoisotopic (exact) mass is 708 g/mol. The van der Waals surface area contributed by atoms with Crippen molar-refractivity contribution >= 4 is 33.4 Å². The van der Waals surface area contributed by atoms with Crippen molar-refractivity contribution in [1.82, 2.24) is 14.5 Å². The van der Waals surface area contributed by atoms with Gasteiger partial charge in [0.05, 0.1) is 24.8 Å². The number of aromatic nitrogens is 2. The first-order chi connectivity index (χ1) is 25.3. The zero-order valence-electron chi connectivity index (χ0n) is 28.3. The van der Waals surface area contributed by atoms with E-state index >= 15 is 4.39 Å². The Morgan fingerprint density at radius 1 is 0.827 bits per heavy atom. The fourth-order valence-electron chi connectivity index (χ4n) is 6.41. The molecule has 7 rings (SSSR count). The normalized spacial score (nSPS) is 13.3. The third-order valence-corrected chi connectivity index (χ3v) is 9.06. The zero-order chi connectivity index (χ0) is 36.2. The number of nitrogens with zero attached hydrogens (tertiary/aromatic N) is 3. The molecular formula is C40H35F3N4O5.